The number of methoxy groups -OCH3 is 1. The maximum atomic E-state index is 12.1. The van der Waals surface area contributed by atoms with Crippen LogP contribution in [0.15, 0.2) is 18.2 Å². The first-order valence-electron chi connectivity index (χ1n) is 5.24. The third-order valence-corrected chi connectivity index (χ3v) is 3.20. The van der Waals surface area contributed by atoms with E-state index in [4.69, 9.17) is 10.00 Å². The summed E-state index contributed by atoms with van der Waals surface area (Å²) in [5, 5.41) is 9.05. The summed E-state index contributed by atoms with van der Waals surface area (Å²) in [5.41, 5.74) is 0.787. The summed E-state index contributed by atoms with van der Waals surface area (Å²) >= 11 is 0. The van der Waals surface area contributed by atoms with Gasteiger partial charge in [-0.2, -0.15) is 5.26 Å². The van der Waals surface area contributed by atoms with Crippen molar-refractivity contribution in [2.75, 3.05) is 7.11 Å². The molecule has 0 bridgehead atoms. The van der Waals surface area contributed by atoms with Crippen LogP contribution < -0.4 is 4.74 Å². The molecule has 1 aromatic rings. The predicted molar refractivity (Wildman–Crippen MR) is 59.4 cm³/mol. The number of ketones is 1. The van der Waals surface area contributed by atoms with Crippen molar-refractivity contribution in [3.8, 4) is 11.8 Å². The Morgan fingerprint density at radius 3 is 2.88 bits per heavy atom. The Morgan fingerprint density at radius 2 is 2.25 bits per heavy atom. The van der Waals surface area contributed by atoms with Gasteiger partial charge in [-0.25, -0.2) is 0 Å². The first-order valence-corrected chi connectivity index (χ1v) is 5.24. The SMILES string of the molecule is COc1ccc2c(c1)CC[C@@](C)(C#N)C2=O. The maximum absolute atomic E-state index is 12.1. The Kier molecular flexibility index (Phi) is 2.43. The number of Topliss-reactive ketones (excluding diaryl/α,β-unsaturated/α-hetero) is 1. The number of hydrogen-bond donors (Lipinski definition) is 0. The van der Waals surface area contributed by atoms with Gasteiger partial charge in [-0.1, -0.05) is 0 Å². The molecule has 0 heterocycles. The number of hydrogen-bond acceptors (Lipinski definition) is 3. The van der Waals surface area contributed by atoms with E-state index in [1.54, 1.807) is 26.2 Å². The molecule has 0 radical (unpaired) electrons. The van der Waals surface area contributed by atoms with Gasteiger partial charge in [0.1, 0.15) is 11.2 Å². The molecular weight excluding hydrogens is 202 g/mol. The molecule has 1 aliphatic carbocycles. The quantitative estimate of drug-likeness (QED) is 0.722. The van der Waals surface area contributed by atoms with Crippen molar-refractivity contribution >= 4 is 5.78 Å². The first-order chi connectivity index (χ1) is 7.60. The third-order valence-electron chi connectivity index (χ3n) is 3.20. The fraction of sp³-hybridized carbons (Fsp3) is 0.385. The highest BCUT2D eigenvalue weighted by Crippen LogP contribution is 2.35. The summed E-state index contributed by atoms with van der Waals surface area (Å²) in [7, 11) is 1.60. The van der Waals surface area contributed by atoms with Gasteiger partial charge in [0, 0.05) is 5.56 Å². The second-order valence-electron chi connectivity index (χ2n) is 4.30. The Balaban J connectivity index is 2.48. The van der Waals surface area contributed by atoms with Gasteiger partial charge in [0.2, 0.25) is 0 Å². The molecule has 1 aliphatic rings. The van der Waals surface area contributed by atoms with Crippen LogP contribution in [0.2, 0.25) is 0 Å². The summed E-state index contributed by atoms with van der Waals surface area (Å²) in [5.74, 6) is 0.686. The smallest absolute Gasteiger partial charge is 0.183 e. The van der Waals surface area contributed by atoms with E-state index in [1.807, 2.05) is 6.07 Å². The number of nitrogens with zero attached hydrogens (tertiary/aromatic N) is 1. The van der Waals surface area contributed by atoms with Gasteiger partial charge in [0.25, 0.3) is 0 Å². The van der Waals surface area contributed by atoms with Crippen LogP contribution in [0.3, 0.4) is 0 Å². The van der Waals surface area contributed by atoms with Crippen molar-refractivity contribution < 1.29 is 9.53 Å². The zero-order chi connectivity index (χ0) is 11.8. The molecule has 0 fully saturated rings. The summed E-state index contributed by atoms with van der Waals surface area (Å²) in [6.07, 6.45) is 1.34. The van der Waals surface area contributed by atoms with Gasteiger partial charge in [0.05, 0.1) is 13.2 Å². The van der Waals surface area contributed by atoms with E-state index in [0.29, 0.717) is 12.0 Å². The van der Waals surface area contributed by atoms with E-state index in [-0.39, 0.29) is 5.78 Å². The number of carbonyl (C=O) groups is 1. The highest BCUT2D eigenvalue weighted by Gasteiger charge is 2.38. The van der Waals surface area contributed by atoms with E-state index < -0.39 is 5.41 Å². The van der Waals surface area contributed by atoms with Crippen LogP contribution in [0, 0.1) is 16.7 Å². The normalized spacial score (nSPS) is 23.4. The predicted octanol–water partition coefficient (Wildman–Crippen LogP) is 2.35. The molecule has 0 spiro atoms. The number of benzene rings is 1. The number of aryl methyl sites for hydroxylation is 1. The molecular formula is C13H13NO2. The molecule has 0 amide bonds. The fourth-order valence-electron chi connectivity index (χ4n) is 2.03. The average Bonchev–Trinajstić information content (AvgIpc) is 2.33. The largest absolute Gasteiger partial charge is 0.497 e. The standard InChI is InChI=1S/C13H13NO2/c1-13(8-14)6-5-9-7-10(16-2)3-4-11(9)12(13)15/h3-4,7H,5-6H2,1-2H3/t13-/m0/s1. The highest BCUT2D eigenvalue weighted by atomic mass is 16.5. The molecule has 16 heavy (non-hydrogen) atoms. The first kappa shape index (κ1) is 10.7. The molecule has 0 aromatic heterocycles. The Morgan fingerprint density at radius 1 is 1.50 bits per heavy atom. The molecule has 0 saturated heterocycles. The van der Waals surface area contributed by atoms with E-state index in [9.17, 15) is 4.79 Å². The van der Waals surface area contributed by atoms with Crippen LogP contribution in [-0.4, -0.2) is 12.9 Å². The lowest BCUT2D eigenvalue weighted by Gasteiger charge is -2.27. The summed E-state index contributed by atoms with van der Waals surface area (Å²) in [6, 6.07) is 7.52. The molecule has 3 nitrogen and oxygen atoms in total. The van der Waals surface area contributed by atoms with Crippen LogP contribution in [0.1, 0.15) is 29.3 Å². The molecule has 82 valence electrons. The molecule has 0 N–H and O–H groups in total. The lowest BCUT2D eigenvalue weighted by molar-refractivity contribution is 0.0854. The van der Waals surface area contributed by atoms with Gasteiger partial charge in [0.15, 0.2) is 5.78 Å². The van der Waals surface area contributed by atoms with Crippen molar-refractivity contribution in [1.82, 2.24) is 0 Å². The minimum atomic E-state index is -0.860. The average molecular weight is 215 g/mol. The molecule has 1 aromatic carbocycles. The minimum absolute atomic E-state index is 0.0705. The van der Waals surface area contributed by atoms with Crippen molar-refractivity contribution in [3.63, 3.8) is 0 Å². The van der Waals surface area contributed by atoms with Crippen LogP contribution in [-0.2, 0) is 6.42 Å². The monoisotopic (exact) mass is 215 g/mol. The zero-order valence-corrected chi connectivity index (χ0v) is 9.41. The number of nitriles is 1. The van der Waals surface area contributed by atoms with Crippen LogP contribution in [0.25, 0.3) is 0 Å². The van der Waals surface area contributed by atoms with Crippen LogP contribution >= 0.6 is 0 Å². The van der Waals surface area contributed by atoms with Crippen molar-refractivity contribution in [2.45, 2.75) is 19.8 Å². The Hall–Kier alpha value is -1.82. The van der Waals surface area contributed by atoms with E-state index in [1.165, 1.54) is 0 Å². The topological polar surface area (TPSA) is 50.1 Å². The molecule has 2 rings (SSSR count). The number of fused-ring (bicyclic) bond motifs is 1. The van der Waals surface area contributed by atoms with Gasteiger partial charge in [-0.3, -0.25) is 4.79 Å². The number of carbonyl (C=O) groups excluding carboxylic acids is 1. The second kappa shape index (κ2) is 3.64. The number of rotatable bonds is 1. The molecule has 1 atom stereocenters. The van der Waals surface area contributed by atoms with Crippen molar-refractivity contribution in [3.05, 3.63) is 29.3 Å². The van der Waals surface area contributed by atoms with E-state index in [2.05, 4.69) is 6.07 Å². The molecule has 0 unspecified atom stereocenters. The zero-order valence-electron chi connectivity index (χ0n) is 9.41. The fourth-order valence-corrected chi connectivity index (χ4v) is 2.03. The number of ether oxygens (including phenoxy) is 1. The maximum Gasteiger partial charge on any atom is 0.183 e. The summed E-state index contributed by atoms with van der Waals surface area (Å²) in [4.78, 5) is 12.1. The lowest BCUT2D eigenvalue weighted by Crippen LogP contribution is -2.31. The third kappa shape index (κ3) is 1.47. The molecule has 0 saturated carbocycles. The lowest BCUT2D eigenvalue weighted by atomic mass is 9.73. The summed E-state index contributed by atoms with van der Waals surface area (Å²) < 4.78 is 5.12. The Bertz CT molecular complexity index is 487. The summed E-state index contributed by atoms with van der Waals surface area (Å²) in [6.45, 7) is 1.71. The van der Waals surface area contributed by atoms with Gasteiger partial charge < -0.3 is 4.74 Å². The van der Waals surface area contributed by atoms with Crippen LogP contribution in [0.5, 0.6) is 5.75 Å². The van der Waals surface area contributed by atoms with Gasteiger partial charge in [-0.05, 0) is 43.5 Å². The van der Waals surface area contributed by atoms with Crippen LogP contribution in [0.4, 0.5) is 0 Å². The van der Waals surface area contributed by atoms with Gasteiger partial charge in [-0.15, -0.1) is 0 Å². The van der Waals surface area contributed by atoms with Crippen molar-refractivity contribution in [2.24, 2.45) is 5.41 Å². The molecule has 0 aliphatic heterocycles. The van der Waals surface area contributed by atoms with E-state index in [0.717, 1.165) is 17.7 Å². The highest BCUT2D eigenvalue weighted by molar-refractivity contribution is 6.04. The van der Waals surface area contributed by atoms with Gasteiger partial charge >= 0.3 is 0 Å². The Labute approximate surface area is 94.6 Å². The second-order valence-corrected chi connectivity index (χ2v) is 4.30. The van der Waals surface area contributed by atoms with E-state index >= 15 is 0 Å². The van der Waals surface area contributed by atoms with Crippen molar-refractivity contribution in [1.29, 1.82) is 5.26 Å². The molecule has 3 heteroatoms. The minimum Gasteiger partial charge on any atom is -0.497 e.